The van der Waals surface area contributed by atoms with E-state index < -0.39 is 5.97 Å². The molecule has 1 rings (SSSR count). The molecule has 0 radical (unpaired) electrons. The van der Waals surface area contributed by atoms with Crippen LogP contribution in [0, 0.1) is 5.82 Å². The van der Waals surface area contributed by atoms with E-state index in [-0.39, 0.29) is 24.6 Å². The van der Waals surface area contributed by atoms with Crippen LogP contribution < -0.4 is 0 Å². The minimum absolute atomic E-state index is 0.135. The molecule has 0 saturated carbocycles. The summed E-state index contributed by atoms with van der Waals surface area (Å²) < 4.78 is 18.3. The van der Waals surface area contributed by atoms with Gasteiger partial charge < -0.3 is 9.84 Å². The third-order valence-corrected chi connectivity index (χ3v) is 2.06. The monoisotopic (exact) mass is 224 g/mol. The maximum absolute atomic E-state index is 13.1. The van der Waals surface area contributed by atoms with Crippen LogP contribution in [0.1, 0.15) is 12.5 Å². The third kappa shape index (κ3) is 3.82. The second kappa shape index (κ2) is 6.02. The lowest BCUT2D eigenvalue weighted by molar-refractivity contribution is -0.132. The summed E-state index contributed by atoms with van der Waals surface area (Å²) in [5.74, 6) is -1.30. The number of rotatable bonds is 5. The van der Waals surface area contributed by atoms with Crippen LogP contribution in [0.15, 0.2) is 35.9 Å². The Labute approximate surface area is 93.2 Å². The molecule has 0 aliphatic carbocycles. The molecule has 4 heteroatoms. The predicted molar refractivity (Wildman–Crippen MR) is 57.4 cm³/mol. The van der Waals surface area contributed by atoms with Gasteiger partial charge in [-0.3, -0.25) is 0 Å². The van der Waals surface area contributed by atoms with E-state index in [1.54, 1.807) is 18.2 Å². The fourth-order valence-electron chi connectivity index (χ4n) is 1.06. The Hall–Kier alpha value is -1.68. The van der Waals surface area contributed by atoms with Crippen molar-refractivity contribution >= 4 is 5.97 Å². The zero-order chi connectivity index (χ0) is 12.0. The lowest BCUT2D eigenvalue weighted by atomic mass is 10.2. The highest BCUT2D eigenvalue weighted by atomic mass is 19.1. The predicted octanol–water partition coefficient (Wildman–Crippen LogP) is 2.37. The van der Waals surface area contributed by atoms with Gasteiger partial charge in [0, 0.05) is 11.1 Å². The molecule has 0 spiro atoms. The Bertz CT molecular complexity index is 399. The summed E-state index contributed by atoms with van der Waals surface area (Å²) in [6.45, 7) is 1.78. The van der Waals surface area contributed by atoms with Gasteiger partial charge in [0.15, 0.2) is 0 Å². The first-order chi connectivity index (χ1) is 7.61. The molecule has 0 bridgehead atoms. The van der Waals surface area contributed by atoms with Crippen molar-refractivity contribution in [2.24, 2.45) is 0 Å². The number of hydrogen-bond donors (Lipinski definition) is 1. The molecule has 3 nitrogen and oxygen atoms in total. The molecule has 0 unspecified atom stereocenters. The molecule has 0 heterocycles. The number of ether oxygens (including phenoxy) is 1. The molecule has 0 atom stereocenters. The van der Waals surface area contributed by atoms with Crippen molar-refractivity contribution in [1.29, 1.82) is 0 Å². The van der Waals surface area contributed by atoms with Gasteiger partial charge >= 0.3 is 5.97 Å². The fraction of sp³-hybridized carbons (Fsp3) is 0.250. The average Bonchev–Trinajstić information content (AvgIpc) is 2.26. The summed E-state index contributed by atoms with van der Waals surface area (Å²) in [6, 6.07) is 6.31. The van der Waals surface area contributed by atoms with Gasteiger partial charge in [0.1, 0.15) is 5.82 Å². The first kappa shape index (κ1) is 12.4. The zero-order valence-electron chi connectivity index (χ0n) is 8.94. The quantitative estimate of drug-likeness (QED) is 0.617. The van der Waals surface area contributed by atoms with Gasteiger partial charge in [-0.2, -0.15) is 0 Å². The second-order valence-corrected chi connectivity index (χ2v) is 3.30. The van der Waals surface area contributed by atoms with E-state index in [9.17, 15) is 9.18 Å². The van der Waals surface area contributed by atoms with Crippen molar-refractivity contribution in [2.45, 2.75) is 13.5 Å². The zero-order valence-corrected chi connectivity index (χ0v) is 8.94. The van der Waals surface area contributed by atoms with Gasteiger partial charge in [0.05, 0.1) is 13.2 Å². The largest absolute Gasteiger partial charge is 0.478 e. The minimum atomic E-state index is -0.977. The summed E-state index contributed by atoms with van der Waals surface area (Å²) >= 11 is 0. The molecular formula is C12H13FO3. The van der Waals surface area contributed by atoms with Gasteiger partial charge in [0.25, 0.3) is 0 Å². The Morgan fingerprint density at radius 2 is 2.19 bits per heavy atom. The van der Waals surface area contributed by atoms with Crippen molar-refractivity contribution in [2.75, 3.05) is 6.61 Å². The number of carbonyl (C=O) groups is 1. The Morgan fingerprint density at radius 1 is 1.50 bits per heavy atom. The molecule has 1 aromatic carbocycles. The molecule has 0 saturated heterocycles. The van der Waals surface area contributed by atoms with Gasteiger partial charge in [0.2, 0.25) is 0 Å². The minimum Gasteiger partial charge on any atom is -0.478 e. The first-order valence-corrected chi connectivity index (χ1v) is 4.82. The lowest BCUT2D eigenvalue weighted by Gasteiger charge is -2.03. The normalized spacial score (nSPS) is 11.5. The summed E-state index contributed by atoms with van der Waals surface area (Å²) in [5.41, 5.74) is 0.678. The number of hydrogen-bond acceptors (Lipinski definition) is 2. The van der Waals surface area contributed by atoms with Gasteiger partial charge in [-0.15, -0.1) is 0 Å². The smallest absolute Gasteiger partial charge is 0.331 e. The lowest BCUT2D eigenvalue weighted by Crippen LogP contribution is -2.00. The summed E-state index contributed by atoms with van der Waals surface area (Å²) in [5, 5.41) is 8.56. The summed E-state index contributed by atoms with van der Waals surface area (Å²) in [4.78, 5) is 10.4. The molecule has 86 valence electrons. The van der Waals surface area contributed by atoms with Crippen molar-refractivity contribution in [3.8, 4) is 0 Å². The summed E-state index contributed by atoms with van der Waals surface area (Å²) in [7, 11) is 0. The van der Waals surface area contributed by atoms with Crippen LogP contribution in [0.3, 0.4) is 0 Å². The molecule has 0 aliphatic heterocycles. The number of benzene rings is 1. The molecular weight excluding hydrogens is 211 g/mol. The molecule has 1 aromatic rings. The second-order valence-electron chi connectivity index (χ2n) is 3.30. The maximum Gasteiger partial charge on any atom is 0.331 e. The van der Waals surface area contributed by atoms with Crippen molar-refractivity contribution in [3.63, 3.8) is 0 Å². The van der Waals surface area contributed by atoms with Crippen LogP contribution in [0.2, 0.25) is 0 Å². The number of carboxylic acid groups (broad SMARTS) is 1. The molecule has 0 aromatic heterocycles. The van der Waals surface area contributed by atoms with E-state index >= 15 is 0 Å². The van der Waals surface area contributed by atoms with Crippen LogP contribution in [-0.4, -0.2) is 17.7 Å². The van der Waals surface area contributed by atoms with Gasteiger partial charge in [-0.05, 0) is 19.1 Å². The van der Waals surface area contributed by atoms with Crippen LogP contribution in [-0.2, 0) is 16.1 Å². The van der Waals surface area contributed by atoms with Crippen LogP contribution in [0.5, 0.6) is 0 Å². The van der Waals surface area contributed by atoms with Crippen molar-refractivity contribution in [1.82, 2.24) is 0 Å². The maximum atomic E-state index is 13.1. The SMILES string of the molecule is CC(=CCOCc1ccccc1F)C(=O)O. The molecule has 0 fully saturated rings. The summed E-state index contributed by atoms with van der Waals surface area (Å²) in [6.07, 6.45) is 1.45. The fourth-order valence-corrected chi connectivity index (χ4v) is 1.06. The number of halogens is 1. The highest BCUT2D eigenvalue weighted by Crippen LogP contribution is 2.07. The van der Waals surface area contributed by atoms with E-state index in [1.165, 1.54) is 19.1 Å². The highest BCUT2D eigenvalue weighted by molar-refractivity contribution is 5.85. The number of carboxylic acids is 1. The highest BCUT2D eigenvalue weighted by Gasteiger charge is 2.01. The third-order valence-electron chi connectivity index (χ3n) is 2.06. The first-order valence-electron chi connectivity index (χ1n) is 4.82. The number of aliphatic carboxylic acids is 1. The van der Waals surface area contributed by atoms with E-state index in [0.717, 1.165) is 0 Å². The van der Waals surface area contributed by atoms with Crippen LogP contribution >= 0.6 is 0 Å². The molecule has 16 heavy (non-hydrogen) atoms. The Balaban J connectivity index is 2.40. The molecule has 1 N–H and O–H groups in total. The van der Waals surface area contributed by atoms with E-state index in [1.807, 2.05) is 0 Å². The van der Waals surface area contributed by atoms with E-state index in [0.29, 0.717) is 5.56 Å². The standard InChI is InChI=1S/C12H13FO3/c1-9(12(14)15)6-7-16-8-10-4-2-3-5-11(10)13/h2-6H,7-8H2,1H3,(H,14,15). The van der Waals surface area contributed by atoms with Gasteiger partial charge in [-0.1, -0.05) is 18.2 Å². The Morgan fingerprint density at radius 3 is 2.81 bits per heavy atom. The topological polar surface area (TPSA) is 46.5 Å². The van der Waals surface area contributed by atoms with Crippen molar-refractivity contribution in [3.05, 3.63) is 47.3 Å². The van der Waals surface area contributed by atoms with E-state index in [2.05, 4.69) is 0 Å². The van der Waals surface area contributed by atoms with Crippen LogP contribution in [0.4, 0.5) is 4.39 Å². The Kier molecular flexibility index (Phi) is 4.66. The van der Waals surface area contributed by atoms with E-state index in [4.69, 9.17) is 9.84 Å². The molecule has 0 aliphatic rings. The average molecular weight is 224 g/mol. The van der Waals surface area contributed by atoms with Crippen LogP contribution in [0.25, 0.3) is 0 Å². The molecule has 0 amide bonds. The van der Waals surface area contributed by atoms with Gasteiger partial charge in [-0.25, -0.2) is 9.18 Å². The van der Waals surface area contributed by atoms with Crippen molar-refractivity contribution < 1.29 is 19.0 Å².